The van der Waals surface area contributed by atoms with Crippen LogP contribution < -0.4 is 15.6 Å². The molecule has 1 amide bonds. The Balaban J connectivity index is 1.81. The van der Waals surface area contributed by atoms with Gasteiger partial charge in [-0.1, -0.05) is 23.7 Å². The van der Waals surface area contributed by atoms with Gasteiger partial charge in [-0.15, -0.1) is 0 Å². The van der Waals surface area contributed by atoms with Crippen LogP contribution in [0, 0.1) is 5.82 Å². The van der Waals surface area contributed by atoms with Gasteiger partial charge in [0.15, 0.2) is 11.3 Å². The van der Waals surface area contributed by atoms with Gasteiger partial charge in [0.25, 0.3) is 5.91 Å². The van der Waals surface area contributed by atoms with Crippen LogP contribution in [0.15, 0.2) is 51.9 Å². The number of carbonyl (C=O) groups excluding carboxylic acids is 1. The fourth-order valence-electron chi connectivity index (χ4n) is 3.32. The number of fused-ring (bicyclic) bond motifs is 1. The summed E-state index contributed by atoms with van der Waals surface area (Å²) in [5.74, 6) is -0.331. The Kier molecular flexibility index (Phi) is 6.01. The van der Waals surface area contributed by atoms with Crippen molar-refractivity contribution in [1.82, 2.24) is 5.32 Å². The van der Waals surface area contributed by atoms with E-state index in [1.54, 1.807) is 18.2 Å². The van der Waals surface area contributed by atoms with Crippen LogP contribution in [-0.4, -0.2) is 32.3 Å². The molecule has 1 fully saturated rings. The molecule has 1 atom stereocenters. The largest absolute Gasteiger partial charge is 0.493 e. The number of hydrogen-bond acceptors (Lipinski definition) is 5. The number of nitrogens with zero attached hydrogens (tertiary/aromatic N) is 1. The van der Waals surface area contributed by atoms with Crippen LogP contribution in [0.3, 0.4) is 0 Å². The molecule has 156 valence electrons. The number of hydrogen-bond donors (Lipinski definition) is 1. The van der Waals surface area contributed by atoms with Crippen molar-refractivity contribution in [3.05, 3.63) is 64.4 Å². The molecule has 0 saturated carbocycles. The molecule has 2 heterocycles. The van der Waals surface area contributed by atoms with Gasteiger partial charge in [-0.05, 0) is 43.2 Å². The number of benzene rings is 2. The highest BCUT2D eigenvalue weighted by Gasteiger charge is 2.19. The van der Waals surface area contributed by atoms with Crippen molar-refractivity contribution in [3.63, 3.8) is 0 Å². The minimum absolute atomic E-state index is 0.00151. The van der Waals surface area contributed by atoms with Gasteiger partial charge in [0.2, 0.25) is 5.55 Å². The zero-order valence-electron chi connectivity index (χ0n) is 16.3. The monoisotopic (exact) mass is 430 g/mol. The summed E-state index contributed by atoms with van der Waals surface area (Å²) in [7, 11) is 1.53. The molecule has 6 nitrogen and oxygen atoms in total. The zero-order valence-corrected chi connectivity index (χ0v) is 17.0. The Morgan fingerprint density at radius 3 is 2.93 bits per heavy atom. The minimum atomic E-state index is -0.481. The maximum atomic E-state index is 13.4. The number of amides is 1. The maximum absolute atomic E-state index is 13.4. The predicted molar refractivity (Wildman–Crippen MR) is 111 cm³/mol. The molecule has 0 aliphatic carbocycles. The van der Waals surface area contributed by atoms with Crippen molar-refractivity contribution in [1.29, 1.82) is 0 Å². The molecule has 1 N–H and O–H groups in total. The summed E-state index contributed by atoms with van der Waals surface area (Å²) in [6.07, 6.45) is 1.88. The van der Waals surface area contributed by atoms with Gasteiger partial charge in [-0.3, -0.25) is 4.79 Å². The van der Waals surface area contributed by atoms with Crippen LogP contribution in [0.5, 0.6) is 5.75 Å². The molecule has 0 radical (unpaired) electrons. The Bertz CT molecular complexity index is 1160. The van der Waals surface area contributed by atoms with Crippen molar-refractivity contribution in [2.45, 2.75) is 18.9 Å². The molecular formula is C22H20ClFN2O4. The number of ether oxygens (including phenoxy) is 2. The summed E-state index contributed by atoms with van der Waals surface area (Å²) in [4.78, 5) is 17.3. The van der Waals surface area contributed by atoms with Crippen LogP contribution in [0.2, 0.25) is 5.02 Å². The van der Waals surface area contributed by atoms with Crippen molar-refractivity contribution in [2.24, 2.45) is 4.99 Å². The van der Waals surface area contributed by atoms with Crippen LogP contribution >= 0.6 is 11.6 Å². The molecule has 1 unspecified atom stereocenters. The summed E-state index contributed by atoms with van der Waals surface area (Å²) in [6.45, 7) is 1.10. The molecule has 30 heavy (non-hydrogen) atoms. The van der Waals surface area contributed by atoms with E-state index in [0.29, 0.717) is 29.9 Å². The molecule has 2 aromatic carbocycles. The van der Waals surface area contributed by atoms with Gasteiger partial charge in [-0.25, -0.2) is 9.38 Å². The molecule has 1 saturated heterocycles. The number of halogens is 2. The average molecular weight is 431 g/mol. The van der Waals surface area contributed by atoms with E-state index in [9.17, 15) is 9.18 Å². The SMILES string of the molecule is COc1cccc2cc(C(=O)NCC3CCCO3)c(=Nc3ccc(F)cc3Cl)oc12. The van der Waals surface area contributed by atoms with E-state index in [4.69, 9.17) is 25.5 Å². The molecule has 0 bridgehead atoms. The maximum Gasteiger partial charge on any atom is 0.256 e. The minimum Gasteiger partial charge on any atom is -0.493 e. The Hall–Kier alpha value is -2.90. The smallest absolute Gasteiger partial charge is 0.256 e. The average Bonchev–Trinajstić information content (AvgIpc) is 3.26. The van der Waals surface area contributed by atoms with Crippen molar-refractivity contribution in [2.75, 3.05) is 20.3 Å². The molecule has 3 aromatic rings. The Labute approximate surface area is 177 Å². The number of para-hydroxylation sites is 1. The van der Waals surface area contributed by atoms with Gasteiger partial charge in [-0.2, -0.15) is 0 Å². The van der Waals surface area contributed by atoms with Gasteiger partial charge in [0.05, 0.1) is 23.9 Å². The van der Waals surface area contributed by atoms with E-state index >= 15 is 0 Å². The predicted octanol–water partition coefficient (Wildman–Crippen LogP) is 4.38. The van der Waals surface area contributed by atoms with Crippen molar-refractivity contribution < 1.29 is 23.1 Å². The summed E-state index contributed by atoms with van der Waals surface area (Å²) in [6, 6.07) is 10.9. The highest BCUT2D eigenvalue weighted by Crippen LogP contribution is 2.27. The van der Waals surface area contributed by atoms with Gasteiger partial charge in [0.1, 0.15) is 11.4 Å². The topological polar surface area (TPSA) is 73.1 Å². The van der Waals surface area contributed by atoms with Crippen LogP contribution in [0.4, 0.5) is 10.1 Å². The first-order valence-corrected chi connectivity index (χ1v) is 9.93. The summed E-state index contributed by atoms with van der Waals surface area (Å²) in [5.41, 5.74) is 0.997. The Morgan fingerprint density at radius 2 is 2.20 bits per heavy atom. The van der Waals surface area contributed by atoms with Crippen LogP contribution in [-0.2, 0) is 4.74 Å². The van der Waals surface area contributed by atoms with E-state index in [0.717, 1.165) is 18.9 Å². The second-order valence-electron chi connectivity index (χ2n) is 6.90. The van der Waals surface area contributed by atoms with E-state index in [1.165, 1.54) is 19.2 Å². The number of carbonyl (C=O) groups is 1. The molecule has 8 heteroatoms. The third kappa shape index (κ3) is 4.32. The van der Waals surface area contributed by atoms with Crippen molar-refractivity contribution >= 4 is 34.2 Å². The zero-order chi connectivity index (χ0) is 21.1. The van der Waals surface area contributed by atoms with Gasteiger partial charge >= 0.3 is 0 Å². The lowest BCUT2D eigenvalue weighted by atomic mass is 10.1. The molecule has 0 spiro atoms. The Morgan fingerprint density at radius 1 is 1.33 bits per heavy atom. The molecule has 4 rings (SSSR count). The second-order valence-corrected chi connectivity index (χ2v) is 7.30. The first-order valence-electron chi connectivity index (χ1n) is 9.55. The number of methoxy groups -OCH3 is 1. The van der Waals surface area contributed by atoms with E-state index in [2.05, 4.69) is 10.3 Å². The molecular weight excluding hydrogens is 411 g/mol. The standard InChI is InChI=1S/C22H20ClFN2O4/c1-28-19-6-2-4-13-10-16(21(27)25-12-15-5-3-9-29-15)22(30-20(13)19)26-18-8-7-14(24)11-17(18)23/h2,4,6-8,10-11,15H,3,5,9,12H2,1H3,(H,25,27). The van der Waals surface area contributed by atoms with Gasteiger partial charge < -0.3 is 19.2 Å². The lowest BCUT2D eigenvalue weighted by Gasteiger charge is -2.12. The summed E-state index contributed by atoms with van der Waals surface area (Å²) < 4.78 is 30.3. The van der Waals surface area contributed by atoms with Crippen LogP contribution in [0.1, 0.15) is 23.2 Å². The lowest BCUT2D eigenvalue weighted by Crippen LogP contribution is -2.34. The van der Waals surface area contributed by atoms with E-state index in [1.807, 2.05) is 6.07 Å². The molecule has 1 aromatic heterocycles. The summed E-state index contributed by atoms with van der Waals surface area (Å²) in [5, 5.41) is 3.66. The fourth-order valence-corrected chi connectivity index (χ4v) is 3.53. The third-order valence-corrected chi connectivity index (χ3v) is 5.15. The number of rotatable bonds is 5. The first-order chi connectivity index (χ1) is 14.5. The highest BCUT2D eigenvalue weighted by molar-refractivity contribution is 6.32. The normalized spacial score (nSPS) is 16.8. The lowest BCUT2D eigenvalue weighted by molar-refractivity contribution is 0.0854. The van der Waals surface area contributed by atoms with E-state index in [-0.39, 0.29) is 33.8 Å². The third-order valence-electron chi connectivity index (χ3n) is 4.85. The summed E-state index contributed by atoms with van der Waals surface area (Å²) >= 11 is 6.12. The quantitative estimate of drug-likeness (QED) is 0.652. The fraction of sp³-hybridized carbons (Fsp3) is 0.273. The van der Waals surface area contributed by atoms with Crippen molar-refractivity contribution in [3.8, 4) is 5.75 Å². The molecule has 1 aliphatic heterocycles. The van der Waals surface area contributed by atoms with Crippen LogP contribution in [0.25, 0.3) is 11.0 Å². The molecule has 1 aliphatic rings. The highest BCUT2D eigenvalue weighted by atomic mass is 35.5. The van der Waals surface area contributed by atoms with Gasteiger partial charge in [0, 0.05) is 18.5 Å². The number of nitrogens with one attached hydrogen (secondary N) is 1. The second kappa shape index (κ2) is 8.85. The first kappa shape index (κ1) is 20.4. The van der Waals surface area contributed by atoms with E-state index < -0.39 is 5.82 Å².